The molecule has 3 nitrogen and oxygen atoms in total. The topological polar surface area (TPSA) is 36.4 Å². The highest BCUT2D eigenvalue weighted by Gasteiger charge is 2.11. The Labute approximate surface area is 99.2 Å². The van der Waals surface area contributed by atoms with Crippen LogP contribution >= 0.6 is 0 Å². The van der Waals surface area contributed by atoms with Gasteiger partial charge in [0, 0.05) is 18.8 Å². The van der Waals surface area contributed by atoms with E-state index in [1.165, 1.54) is 6.07 Å². The Hall–Kier alpha value is -1.94. The number of anilines is 2. The predicted molar refractivity (Wildman–Crippen MR) is 64.6 cm³/mol. The first-order valence-electron chi connectivity index (χ1n) is 5.26. The number of aromatic nitrogens is 1. The number of rotatable bonds is 3. The number of hydrogen-bond donors (Lipinski definition) is 1. The molecule has 0 atom stereocenters. The molecule has 0 fully saturated rings. The first kappa shape index (κ1) is 11.5. The van der Waals surface area contributed by atoms with Crippen molar-refractivity contribution in [3.05, 3.63) is 54.1 Å². The maximum absolute atomic E-state index is 13.6. The van der Waals surface area contributed by atoms with Crippen molar-refractivity contribution in [2.75, 3.05) is 11.9 Å². The Morgan fingerprint density at radius 2 is 2.00 bits per heavy atom. The molecule has 1 aromatic carbocycles. The molecule has 0 spiro atoms. The van der Waals surface area contributed by atoms with Crippen LogP contribution in [0.4, 0.5) is 15.8 Å². The van der Waals surface area contributed by atoms with Crippen LogP contribution in [0.3, 0.4) is 0 Å². The summed E-state index contributed by atoms with van der Waals surface area (Å²) < 4.78 is 13.6. The van der Waals surface area contributed by atoms with Crippen molar-refractivity contribution in [3.63, 3.8) is 0 Å². The van der Waals surface area contributed by atoms with Gasteiger partial charge in [0.25, 0.3) is 0 Å². The molecule has 0 bridgehead atoms. The van der Waals surface area contributed by atoms with E-state index in [2.05, 4.69) is 4.98 Å². The zero-order chi connectivity index (χ0) is 12.3. The summed E-state index contributed by atoms with van der Waals surface area (Å²) in [4.78, 5) is 5.67. The van der Waals surface area contributed by atoms with Crippen LogP contribution < -0.4 is 4.90 Å². The summed E-state index contributed by atoms with van der Waals surface area (Å²) in [5, 5.41) is 9.24. The van der Waals surface area contributed by atoms with Crippen molar-refractivity contribution in [2.24, 2.45) is 0 Å². The second-order valence-corrected chi connectivity index (χ2v) is 3.67. The number of aliphatic hydroxyl groups is 1. The summed E-state index contributed by atoms with van der Waals surface area (Å²) >= 11 is 0. The minimum absolute atomic E-state index is 0.101. The first-order valence-corrected chi connectivity index (χ1v) is 5.26. The van der Waals surface area contributed by atoms with Gasteiger partial charge >= 0.3 is 0 Å². The molecule has 0 unspecified atom stereocenters. The quantitative estimate of drug-likeness (QED) is 0.883. The van der Waals surface area contributed by atoms with Crippen LogP contribution in [0.15, 0.2) is 42.7 Å². The smallest absolute Gasteiger partial charge is 0.146 e. The highest BCUT2D eigenvalue weighted by molar-refractivity contribution is 5.65. The Morgan fingerprint density at radius 3 is 2.71 bits per heavy atom. The maximum atomic E-state index is 13.6. The molecule has 1 N–H and O–H groups in total. The van der Waals surface area contributed by atoms with Crippen molar-refractivity contribution in [3.8, 4) is 0 Å². The number of para-hydroxylation sites is 1. The third-order valence-corrected chi connectivity index (χ3v) is 2.63. The van der Waals surface area contributed by atoms with Crippen molar-refractivity contribution < 1.29 is 9.50 Å². The highest BCUT2D eigenvalue weighted by atomic mass is 19.1. The van der Waals surface area contributed by atoms with E-state index in [1.54, 1.807) is 48.6 Å². The molecule has 0 saturated heterocycles. The molecule has 0 aliphatic heterocycles. The minimum Gasteiger partial charge on any atom is -0.392 e. The van der Waals surface area contributed by atoms with Crippen LogP contribution in [0.1, 0.15) is 5.56 Å². The maximum Gasteiger partial charge on any atom is 0.146 e. The predicted octanol–water partition coefficient (Wildman–Crippen LogP) is 2.48. The summed E-state index contributed by atoms with van der Waals surface area (Å²) in [5.74, 6) is -0.303. The lowest BCUT2D eigenvalue weighted by atomic mass is 10.2. The molecule has 17 heavy (non-hydrogen) atoms. The largest absolute Gasteiger partial charge is 0.392 e. The number of halogens is 1. The van der Waals surface area contributed by atoms with E-state index in [9.17, 15) is 9.50 Å². The van der Waals surface area contributed by atoms with Gasteiger partial charge in [0.15, 0.2) is 0 Å². The highest BCUT2D eigenvalue weighted by Crippen LogP contribution is 2.27. The van der Waals surface area contributed by atoms with Crippen LogP contribution in [0.25, 0.3) is 0 Å². The monoisotopic (exact) mass is 232 g/mol. The lowest BCUT2D eigenvalue weighted by Gasteiger charge is -2.21. The minimum atomic E-state index is -0.303. The van der Waals surface area contributed by atoms with E-state index in [0.29, 0.717) is 16.9 Å². The van der Waals surface area contributed by atoms with Crippen LogP contribution in [-0.4, -0.2) is 17.1 Å². The van der Waals surface area contributed by atoms with Gasteiger partial charge in [-0.2, -0.15) is 0 Å². The van der Waals surface area contributed by atoms with Gasteiger partial charge in [0.2, 0.25) is 0 Å². The third-order valence-electron chi connectivity index (χ3n) is 2.63. The molecular weight excluding hydrogens is 219 g/mol. The molecule has 0 amide bonds. The number of nitrogens with zero attached hydrogens (tertiary/aromatic N) is 2. The van der Waals surface area contributed by atoms with Crippen molar-refractivity contribution in [2.45, 2.75) is 6.61 Å². The molecule has 88 valence electrons. The van der Waals surface area contributed by atoms with Crippen LogP contribution in [0.2, 0.25) is 0 Å². The third kappa shape index (κ3) is 2.26. The molecule has 1 aromatic heterocycles. The molecule has 2 rings (SSSR count). The molecule has 0 aliphatic carbocycles. The first-order chi connectivity index (χ1) is 8.24. The summed E-state index contributed by atoms with van der Waals surface area (Å²) in [6, 6.07) is 8.21. The molecule has 0 aliphatic rings. The summed E-state index contributed by atoms with van der Waals surface area (Å²) in [6.45, 7) is -0.101. The lowest BCUT2D eigenvalue weighted by molar-refractivity contribution is 0.282. The molecular formula is C13H13FN2O. The van der Waals surface area contributed by atoms with Gasteiger partial charge in [0.05, 0.1) is 24.2 Å². The Bertz CT molecular complexity index is 516. The summed E-state index contributed by atoms with van der Waals surface area (Å²) in [7, 11) is 1.74. The Morgan fingerprint density at radius 1 is 1.24 bits per heavy atom. The second-order valence-electron chi connectivity index (χ2n) is 3.67. The normalized spacial score (nSPS) is 10.3. The fraction of sp³-hybridized carbons (Fsp3) is 0.154. The zero-order valence-corrected chi connectivity index (χ0v) is 9.47. The van der Waals surface area contributed by atoms with E-state index < -0.39 is 0 Å². The zero-order valence-electron chi connectivity index (χ0n) is 9.47. The summed E-state index contributed by atoms with van der Waals surface area (Å²) in [6.07, 6.45) is 3.21. The van der Waals surface area contributed by atoms with Crippen LogP contribution in [0, 0.1) is 5.82 Å². The molecule has 0 saturated carbocycles. The fourth-order valence-corrected chi connectivity index (χ4v) is 1.70. The van der Waals surface area contributed by atoms with Gasteiger partial charge in [-0.15, -0.1) is 0 Å². The summed E-state index contributed by atoms with van der Waals surface area (Å²) in [5.41, 5.74) is 1.86. The van der Waals surface area contributed by atoms with E-state index in [0.717, 1.165) is 0 Å². The molecule has 4 heteroatoms. The molecule has 2 aromatic rings. The number of hydrogen-bond acceptors (Lipinski definition) is 3. The average molecular weight is 232 g/mol. The van der Waals surface area contributed by atoms with Crippen molar-refractivity contribution in [1.29, 1.82) is 0 Å². The SMILES string of the molecule is CN(c1ccccc1F)c1cnccc1CO. The van der Waals surface area contributed by atoms with E-state index in [-0.39, 0.29) is 12.4 Å². The number of aliphatic hydroxyl groups excluding tert-OH is 1. The lowest BCUT2D eigenvalue weighted by Crippen LogP contribution is -2.13. The Kier molecular flexibility index (Phi) is 3.35. The average Bonchev–Trinajstić information content (AvgIpc) is 2.38. The van der Waals surface area contributed by atoms with Crippen molar-refractivity contribution >= 4 is 11.4 Å². The number of benzene rings is 1. The van der Waals surface area contributed by atoms with E-state index in [1.807, 2.05) is 0 Å². The Balaban J connectivity index is 2.44. The van der Waals surface area contributed by atoms with Gasteiger partial charge < -0.3 is 10.0 Å². The van der Waals surface area contributed by atoms with E-state index in [4.69, 9.17) is 0 Å². The van der Waals surface area contributed by atoms with Gasteiger partial charge in [-0.3, -0.25) is 4.98 Å². The number of pyridine rings is 1. The van der Waals surface area contributed by atoms with Gasteiger partial charge in [-0.1, -0.05) is 12.1 Å². The molecule has 0 radical (unpaired) electrons. The standard InChI is InChI=1S/C13H13FN2O/c1-16(12-5-3-2-4-11(12)14)13-8-15-7-6-10(13)9-17/h2-8,17H,9H2,1H3. The van der Waals surface area contributed by atoms with Gasteiger partial charge in [-0.05, 0) is 18.2 Å². The van der Waals surface area contributed by atoms with Gasteiger partial charge in [-0.25, -0.2) is 4.39 Å². The van der Waals surface area contributed by atoms with Crippen LogP contribution in [-0.2, 0) is 6.61 Å². The van der Waals surface area contributed by atoms with Crippen LogP contribution in [0.5, 0.6) is 0 Å². The second kappa shape index (κ2) is 4.93. The van der Waals surface area contributed by atoms with Crippen molar-refractivity contribution in [1.82, 2.24) is 4.98 Å². The fourth-order valence-electron chi connectivity index (χ4n) is 1.70. The van der Waals surface area contributed by atoms with Gasteiger partial charge in [0.1, 0.15) is 5.82 Å². The molecule has 1 heterocycles. The van der Waals surface area contributed by atoms with E-state index >= 15 is 0 Å².